The summed E-state index contributed by atoms with van der Waals surface area (Å²) in [5.74, 6) is 0. The second kappa shape index (κ2) is 8.03. The molecule has 0 saturated carbocycles. The largest absolute Gasteiger partial charge is 0.388 e. The smallest absolute Gasteiger partial charge is 0.255 e. The van der Waals surface area contributed by atoms with Gasteiger partial charge in [0.2, 0.25) is 0 Å². The summed E-state index contributed by atoms with van der Waals surface area (Å²) in [6.07, 6.45) is 1.01. The molecule has 0 N–H and O–H groups in total. The maximum atomic E-state index is 12.4. The van der Waals surface area contributed by atoms with Gasteiger partial charge < -0.3 is 0 Å². The van der Waals surface area contributed by atoms with Gasteiger partial charge in [-0.3, -0.25) is 4.57 Å². The van der Waals surface area contributed by atoms with E-state index in [9.17, 15) is 13.0 Å². The van der Waals surface area contributed by atoms with Crippen LogP contribution in [0.15, 0.2) is 29.2 Å². The molecule has 0 aliphatic heterocycles. The van der Waals surface area contributed by atoms with Crippen molar-refractivity contribution in [3.8, 4) is 0 Å². The first-order valence-electron chi connectivity index (χ1n) is 6.31. The van der Waals surface area contributed by atoms with Crippen molar-refractivity contribution in [3.63, 3.8) is 0 Å². The van der Waals surface area contributed by atoms with Crippen LogP contribution < -0.4 is 0 Å². The number of sulfone groups is 1. The zero-order valence-corrected chi connectivity index (χ0v) is 13.9. The fourth-order valence-corrected chi connectivity index (χ4v) is 3.35. The highest BCUT2D eigenvalue weighted by Crippen LogP contribution is 2.51. The first-order chi connectivity index (χ1) is 9.80. The first-order valence-corrected chi connectivity index (χ1v) is 9.93. The predicted octanol–water partition coefficient (Wildman–Crippen LogP) is 2.72. The van der Waals surface area contributed by atoms with E-state index in [0.717, 1.165) is 6.26 Å². The molecule has 21 heavy (non-hydrogen) atoms. The molecule has 0 atom stereocenters. The molecule has 0 fully saturated rings. The van der Waals surface area contributed by atoms with E-state index in [2.05, 4.69) is 9.78 Å². The Hall–Kier alpha value is -0.760. The minimum absolute atomic E-state index is 0.100. The number of rotatable bonds is 9. The summed E-state index contributed by atoms with van der Waals surface area (Å²) in [7, 11) is -6.90. The van der Waals surface area contributed by atoms with Crippen LogP contribution in [0.5, 0.6) is 0 Å². The quantitative estimate of drug-likeness (QED) is 0.388. The lowest BCUT2D eigenvalue weighted by atomic mass is 10.2. The van der Waals surface area contributed by atoms with Crippen LogP contribution in [0.3, 0.4) is 0 Å². The standard InChI is InChI=1S/C12H19O7PS/c1-4-16-18-20(13,19-17-5-2)10-11-6-8-12(9-7-11)21(3,14)15/h6-9H,4-5,10H2,1-3H3. The summed E-state index contributed by atoms with van der Waals surface area (Å²) in [5, 5.41) is 0. The van der Waals surface area contributed by atoms with E-state index in [1.54, 1.807) is 13.8 Å². The average molecular weight is 338 g/mol. The molecule has 0 bridgehead atoms. The molecule has 9 heteroatoms. The molecule has 0 unspecified atom stereocenters. The van der Waals surface area contributed by atoms with Crippen LogP contribution in [0, 0.1) is 0 Å². The minimum Gasteiger partial charge on any atom is -0.255 e. The van der Waals surface area contributed by atoms with Crippen LogP contribution in [0.25, 0.3) is 0 Å². The molecule has 0 spiro atoms. The molecule has 0 heterocycles. The summed E-state index contributed by atoms with van der Waals surface area (Å²) in [4.78, 5) is 9.54. The highest BCUT2D eigenvalue weighted by molar-refractivity contribution is 7.90. The first kappa shape index (κ1) is 18.3. The molecule has 0 saturated heterocycles. The van der Waals surface area contributed by atoms with Gasteiger partial charge in [-0.05, 0) is 31.5 Å². The molecule has 0 aromatic heterocycles. The van der Waals surface area contributed by atoms with Crippen molar-refractivity contribution in [1.29, 1.82) is 0 Å². The van der Waals surface area contributed by atoms with Crippen molar-refractivity contribution < 1.29 is 32.1 Å². The average Bonchev–Trinajstić information content (AvgIpc) is 2.43. The van der Waals surface area contributed by atoms with Crippen LogP contribution in [-0.4, -0.2) is 27.9 Å². The molecule has 1 rings (SSSR count). The number of hydrogen-bond acceptors (Lipinski definition) is 7. The van der Waals surface area contributed by atoms with Crippen LogP contribution >= 0.6 is 7.60 Å². The highest BCUT2D eigenvalue weighted by Gasteiger charge is 2.28. The lowest BCUT2D eigenvalue weighted by molar-refractivity contribution is -0.263. The van der Waals surface area contributed by atoms with Gasteiger partial charge in [-0.2, -0.15) is 0 Å². The van der Waals surface area contributed by atoms with Crippen molar-refractivity contribution in [2.45, 2.75) is 24.9 Å². The van der Waals surface area contributed by atoms with E-state index in [-0.39, 0.29) is 24.3 Å². The van der Waals surface area contributed by atoms with Crippen LogP contribution in [0.1, 0.15) is 19.4 Å². The third-order valence-electron chi connectivity index (χ3n) is 2.30. The summed E-state index contributed by atoms with van der Waals surface area (Å²) < 4.78 is 44.7. The molecule has 0 radical (unpaired) electrons. The van der Waals surface area contributed by atoms with Crippen molar-refractivity contribution >= 4 is 17.4 Å². The summed E-state index contributed by atoms with van der Waals surface area (Å²) in [5.41, 5.74) is 0.574. The van der Waals surface area contributed by atoms with Crippen molar-refractivity contribution in [3.05, 3.63) is 29.8 Å². The molecule has 1 aromatic carbocycles. The van der Waals surface area contributed by atoms with Crippen LogP contribution in [0.2, 0.25) is 0 Å². The third kappa shape index (κ3) is 6.25. The Morgan fingerprint density at radius 3 is 1.86 bits per heavy atom. The third-order valence-corrected chi connectivity index (χ3v) is 4.84. The molecule has 7 nitrogen and oxygen atoms in total. The second-order valence-corrected chi connectivity index (χ2v) is 8.00. The van der Waals surface area contributed by atoms with Gasteiger partial charge in [0.25, 0.3) is 0 Å². The summed E-state index contributed by atoms with van der Waals surface area (Å²) >= 11 is 0. The van der Waals surface area contributed by atoms with Gasteiger partial charge >= 0.3 is 7.60 Å². The van der Waals surface area contributed by atoms with Crippen molar-refractivity contribution in [2.75, 3.05) is 19.5 Å². The maximum absolute atomic E-state index is 12.4. The van der Waals surface area contributed by atoms with Gasteiger partial charge in [0.15, 0.2) is 9.84 Å². The van der Waals surface area contributed by atoms with Crippen molar-refractivity contribution in [1.82, 2.24) is 0 Å². The fourth-order valence-electron chi connectivity index (χ4n) is 1.40. The van der Waals surface area contributed by atoms with Gasteiger partial charge in [0.1, 0.15) is 0 Å². The van der Waals surface area contributed by atoms with Gasteiger partial charge in [-0.15, -0.1) is 9.35 Å². The van der Waals surface area contributed by atoms with E-state index < -0.39 is 17.4 Å². The van der Waals surface area contributed by atoms with E-state index in [1.807, 2.05) is 0 Å². The van der Waals surface area contributed by atoms with E-state index in [1.165, 1.54) is 24.3 Å². The monoisotopic (exact) mass is 338 g/mol. The van der Waals surface area contributed by atoms with E-state index in [4.69, 9.17) is 9.35 Å². The number of benzene rings is 1. The second-order valence-electron chi connectivity index (χ2n) is 4.15. The van der Waals surface area contributed by atoms with Gasteiger partial charge in [-0.25, -0.2) is 18.2 Å². The summed E-state index contributed by atoms with van der Waals surface area (Å²) in [6, 6.07) is 5.92. The zero-order valence-electron chi connectivity index (χ0n) is 12.1. The zero-order chi connectivity index (χ0) is 15.9. The lowest BCUT2D eigenvalue weighted by Crippen LogP contribution is -2.02. The Morgan fingerprint density at radius 2 is 1.48 bits per heavy atom. The predicted molar refractivity (Wildman–Crippen MR) is 76.3 cm³/mol. The Morgan fingerprint density at radius 1 is 1.00 bits per heavy atom. The number of hydrogen-bond donors (Lipinski definition) is 0. The molecular weight excluding hydrogens is 319 g/mol. The normalized spacial score (nSPS) is 12.5. The van der Waals surface area contributed by atoms with Crippen molar-refractivity contribution in [2.24, 2.45) is 0 Å². The highest BCUT2D eigenvalue weighted by atomic mass is 32.2. The summed E-state index contributed by atoms with van der Waals surface area (Å²) in [6.45, 7) is 3.75. The SMILES string of the molecule is CCOOP(=O)(Cc1ccc(S(C)(=O)=O)cc1)OOCC. The molecule has 0 aliphatic rings. The van der Waals surface area contributed by atoms with Gasteiger partial charge in [0, 0.05) is 6.26 Å². The Balaban J connectivity index is 2.85. The van der Waals surface area contributed by atoms with Gasteiger partial charge in [-0.1, -0.05) is 12.1 Å². The van der Waals surface area contributed by atoms with Crippen LogP contribution in [-0.2, 0) is 39.7 Å². The van der Waals surface area contributed by atoms with E-state index in [0.29, 0.717) is 5.56 Å². The molecule has 120 valence electrons. The van der Waals surface area contributed by atoms with Gasteiger partial charge in [0.05, 0.1) is 24.3 Å². The Kier molecular flexibility index (Phi) is 6.99. The molecule has 0 amide bonds. The van der Waals surface area contributed by atoms with Crippen LogP contribution in [0.4, 0.5) is 0 Å². The van der Waals surface area contributed by atoms with E-state index >= 15 is 0 Å². The topological polar surface area (TPSA) is 88.1 Å². The molecular formula is C12H19O7PS. The molecule has 1 aromatic rings. The Bertz CT molecular complexity index is 570. The lowest BCUT2D eigenvalue weighted by Gasteiger charge is -2.15. The maximum Gasteiger partial charge on any atom is 0.388 e. The molecule has 0 aliphatic carbocycles. The fraction of sp³-hybridized carbons (Fsp3) is 0.500. The minimum atomic E-state index is -3.62. The Labute approximate surface area is 124 Å².